The Morgan fingerprint density at radius 2 is 1.73 bits per heavy atom. The first-order valence-corrected chi connectivity index (χ1v) is 13.9. The average Bonchev–Trinajstić information content (AvgIpc) is 3.07. The number of aromatic nitrogens is 2. The number of sulfonamides is 1. The minimum absolute atomic E-state index is 0.0584. The van der Waals surface area contributed by atoms with Gasteiger partial charge in [0.2, 0.25) is 15.9 Å². The average molecular weight is 493 g/mol. The largest absolute Gasteiger partial charge is 0.331 e. The minimum Gasteiger partial charge on any atom is -0.331 e. The number of imidazole rings is 1. The number of benzene rings is 2. The third kappa shape index (κ3) is 5.26. The van der Waals surface area contributed by atoms with Crippen LogP contribution in [0.25, 0.3) is 11.0 Å². The molecule has 0 fully saturated rings. The number of amides is 1. The number of hydrogen-bond donors (Lipinski definition) is 1. The van der Waals surface area contributed by atoms with Crippen LogP contribution in [0.2, 0.25) is 0 Å². The molecule has 0 saturated carbocycles. The number of carbonyl (C=O) groups is 1. The van der Waals surface area contributed by atoms with Crippen LogP contribution in [0.3, 0.4) is 0 Å². The van der Waals surface area contributed by atoms with Gasteiger partial charge in [0.15, 0.2) is 9.84 Å². The SMILES string of the molecule is CCN(CC)S(=O)(=O)c1ccc2c(c1)nc(CCC(=O)Nc1ccccc1S(C)(=O)=O)n2C. The fourth-order valence-electron chi connectivity index (χ4n) is 3.66. The van der Waals surface area contributed by atoms with Crippen molar-refractivity contribution in [1.82, 2.24) is 13.9 Å². The van der Waals surface area contributed by atoms with Crippen molar-refractivity contribution in [2.24, 2.45) is 7.05 Å². The van der Waals surface area contributed by atoms with Gasteiger partial charge >= 0.3 is 0 Å². The van der Waals surface area contributed by atoms with Gasteiger partial charge in [-0.25, -0.2) is 21.8 Å². The van der Waals surface area contributed by atoms with Gasteiger partial charge in [0.05, 0.1) is 26.5 Å². The third-order valence-corrected chi connectivity index (χ3v) is 8.63. The van der Waals surface area contributed by atoms with Crippen molar-refractivity contribution in [3.63, 3.8) is 0 Å². The summed E-state index contributed by atoms with van der Waals surface area (Å²) in [6, 6.07) is 11.1. The van der Waals surface area contributed by atoms with Gasteiger partial charge < -0.3 is 9.88 Å². The standard InChI is InChI=1S/C22H28N4O5S2/c1-5-26(6-2)33(30,31)16-11-12-19-18(15-16)23-21(25(19)3)13-14-22(27)24-17-9-7-8-10-20(17)32(4,28)29/h7-12,15H,5-6,13-14H2,1-4H3,(H,24,27). The summed E-state index contributed by atoms with van der Waals surface area (Å²) in [6.45, 7) is 4.33. The molecule has 1 heterocycles. The third-order valence-electron chi connectivity index (χ3n) is 5.42. The molecule has 11 heteroatoms. The monoisotopic (exact) mass is 492 g/mol. The molecule has 1 aromatic heterocycles. The molecule has 0 aliphatic carbocycles. The zero-order valence-corrected chi connectivity index (χ0v) is 20.7. The van der Waals surface area contributed by atoms with Crippen LogP contribution in [0.4, 0.5) is 5.69 Å². The van der Waals surface area contributed by atoms with Crippen LogP contribution >= 0.6 is 0 Å². The van der Waals surface area contributed by atoms with Gasteiger partial charge in [0.1, 0.15) is 5.82 Å². The second-order valence-electron chi connectivity index (χ2n) is 7.64. The van der Waals surface area contributed by atoms with Gasteiger partial charge in [0.25, 0.3) is 0 Å². The molecule has 0 saturated heterocycles. The smallest absolute Gasteiger partial charge is 0.243 e. The predicted molar refractivity (Wildman–Crippen MR) is 127 cm³/mol. The van der Waals surface area contributed by atoms with E-state index in [0.29, 0.717) is 30.9 Å². The number of nitrogens with zero attached hydrogens (tertiary/aromatic N) is 3. The lowest BCUT2D eigenvalue weighted by molar-refractivity contribution is -0.116. The van der Waals surface area contributed by atoms with Crippen LogP contribution in [0, 0.1) is 0 Å². The molecule has 0 aliphatic rings. The molecule has 9 nitrogen and oxygen atoms in total. The van der Waals surface area contributed by atoms with Crippen LogP contribution < -0.4 is 5.32 Å². The number of sulfone groups is 1. The van der Waals surface area contributed by atoms with Gasteiger partial charge in [-0.1, -0.05) is 26.0 Å². The zero-order valence-electron chi connectivity index (χ0n) is 19.1. The summed E-state index contributed by atoms with van der Waals surface area (Å²) in [6.07, 6.45) is 1.47. The molecule has 3 rings (SSSR count). The van der Waals surface area contributed by atoms with Crippen molar-refractivity contribution in [2.75, 3.05) is 24.7 Å². The highest BCUT2D eigenvalue weighted by atomic mass is 32.2. The number of hydrogen-bond acceptors (Lipinski definition) is 6. The summed E-state index contributed by atoms with van der Waals surface area (Å²) < 4.78 is 52.7. The van der Waals surface area contributed by atoms with E-state index in [-0.39, 0.29) is 27.8 Å². The van der Waals surface area contributed by atoms with Gasteiger partial charge in [-0.15, -0.1) is 0 Å². The van der Waals surface area contributed by atoms with E-state index in [1.54, 1.807) is 57.3 Å². The lowest BCUT2D eigenvalue weighted by Gasteiger charge is -2.18. The summed E-state index contributed by atoms with van der Waals surface area (Å²) in [5.74, 6) is 0.275. The van der Waals surface area contributed by atoms with Crippen LogP contribution in [0.1, 0.15) is 26.1 Å². The van der Waals surface area contributed by atoms with Crippen LogP contribution in [-0.4, -0.2) is 55.9 Å². The van der Waals surface area contributed by atoms with E-state index in [4.69, 9.17) is 0 Å². The molecule has 1 amide bonds. The molecule has 0 radical (unpaired) electrons. The van der Waals surface area contributed by atoms with Crippen molar-refractivity contribution < 1.29 is 21.6 Å². The lowest BCUT2D eigenvalue weighted by Crippen LogP contribution is -2.30. The first-order valence-electron chi connectivity index (χ1n) is 10.5. The van der Waals surface area contributed by atoms with Gasteiger partial charge in [-0.3, -0.25) is 4.79 Å². The number of rotatable bonds is 9. The fourth-order valence-corrected chi connectivity index (χ4v) is 5.98. The minimum atomic E-state index is -3.60. The molecule has 33 heavy (non-hydrogen) atoms. The van der Waals surface area contributed by atoms with E-state index in [2.05, 4.69) is 10.3 Å². The highest BCUT2D eigenvalue weighted by Gasteiger charge is 2.23. The second-order valence-corrected chi connectivity index (χ2v) is 11.6. The Balaban J connectivity index is 1.79. The van der Waals surface area contributed by atoms with Gasteiger partial charge in [0, 0.05) is 39.2 Å². The van der Waals surface area contributed by atoms with Crippen molar-refractivity contribution >= 4 is 42.5 Å². The number of anilines is 1. The summed E-state index contributed by atoms with van der Waals surface area (Å²) >= 11 is 0. The zero-order chi connectivity index (χ0) is 24.4. The molecule has 0 aliphatic heterocycles. The van der Waals surface area contributed by atoms with Crippen molar-refractivity contribution in [1.29, 1.82) is 0 Å². The summed E-state index contributed by atoms with van der Waals surface area (Å²) in [5, 5.41) is 2.65. The maximum absolute atomic E-state index is 12.8. The van der Waals surface area contributed by atoms with Gasteiger partial charge in [-0.2, -0.15) is 4.31 Å². The van der Waals surface area contributed by atoms with Crippen LogP contribution in [0.5, 0.6) is 0 Å². The number of nitrogens with one attached hydrogen (secondary N) is 1. The Kier molecular flexibility index (Phi) is 7.25. The highest BCUT2D eigenvalue weighted by molar-refractivity contribution is 7.91. The first kappa shape index (κ1) is 24.9. The van der Waals surface area contributed by atoms with Crippen LogP contribution in [0.15, 0.2) is 52.3 Å². The molecule has 178 valence electrons. The Morgan fingerprint density at radius 1 is 1.06 bits per heavy atom. The van der Waals surface area contributed by atoms with E-state index in [9.17, 15) is 21.6 Å². The second kappa shape index (κ2) is 9.62. The highest BCUT2D eigenvalue weighted by Crippen LogP contribution is 2.24. The molecular weight excluding hydrogens is 464 g/mol. The number of aryl methyl sites for hydroxylation is 2. The first-order chi connectivity index (χ1) is 15.5. The van der Waals surface area contributed by atoms with Crippen LogP contribution in [-0.2, 0) is 38.1 Å². The molecule has 2 aromatic carbocycles. The summed E-state index contributed by atoms with van der Waals surface area (Å²) in [5.41, 5.74) is 1.52. The lowest BCUT2D eigenvalue weighted by atomic mass is 10.2. The number of para-hydroxylation sites is 1. The predicted octanol–water partition coefficient (Wildman–Crippen LogP) is 2.58. The Labute approximate surface area is 194 Å². The number of fused-ring (bicyclic) bond motifs is 1. The van der Waals surface area contributed by atoms with Crippen molar-refractivity contribution in [3.8, 4) is 0 Å². The maximum Gasteiger partial charge on any atom is 0.243 e. The molecule has 0 atom stereocenters. The van der Waals surface area contributed by atoms with E-state index >= 15 is 0 Å². The normalized spacial score (nSPS) is 12.4. The number of carbonyl (C=O) groups excluding carboxylic acids is 1. The molecule has 3 aromatic rings. The maximum atomic E-state index is 12.8. The fraction of sp³-hybridized carbons (Fsp3) is 0.364. The Bertz CT molecular complexity index is 1390. The topological polar surface area (TPSA) is 118 Å². The Morgan fingerprint density at radius 3 is 2.36 bits per heavy atom. The molecule has 0 bridgehead atoms. The van der Waals surface area contributed by atoms with E-state index in [1.165, 1.54) is 10.4 Å². The Hall–Kier alpha value is -2.76. The van der Waals surface area contributed by atoms with Gasteiger partial charge in [-0.05, 0) is 30.3 Å². The molecule has 0 spiro atoms. The van der Waals surface area contributed by atoms with Crippen molar-refractivity contribution in [3.05, 3.63) is 48.3 Å². The quantitative estimate of drug-likeness (QED) is 0.490. The van der Waals surface area contributed by atoms with E-state index < -0.39 is 19.9 Å². The summed E-state index contributed by atoms with van der Waals surface area (Å²) in [7, 11) is -5.28. The summed E-state index contributed by atoms with van der Waals surface area (Å²) in [4.78, 5) is 17.3. The molecule has 0 unspecified atom stereocenters. The van der Waals surface area contributed by atoms with E-state index in [0.717, 1.165) is 11.8 Å². The van der Waals surface area contributed by atoms with E-state index in [1.807, 2.05) is 4.57 Å². The van der Waals surface area contributed by atoms with Crippen molar-refractivity contribution in [2.45, 2.75) is 36.5 Å². The molecule has 1 N–H and O–H groups in total. The molecular formula is C22H28N4O5S2.